The summed E-state index contributed by atoms with van der Waals surface area (Å²) >= 11 is 0. The van der Waals surface area contributed by atoms with Gasteiger partial charge in [0, 0.05) is 30.4 Å². The lowest BCUT2D eigenvalue weighted by atomic mass is 9.94. The van der Waals surface area contributed by atoms with Gasteiger partial charge in [-0.25, -0.2) is 0 Å². The summed E-state index contributed by atoms with van der Waals surface area (Å²) in [6.45, 7) is 2.76. The third kappa shape index (κ3) is 2.39. The van der Waals surface area contributed by atoms with E-state index in [1.54, 1.807) is 12.7 Å². The fraction of sp³-hybridized carbons (Fsp3) is 0.438. The Morgan fingerprint density at radius 2 is 2.09 bits per heavy atom. The van der Waals surface area contributed by atoms with Gasteiger partial charge in [0.1, 0.15) is 12.7 Å². The number of aromatic nitrogens is 3. The number of hydrogen-bond acceptors (Lipinski definition) is 4. The molecule has 0 unspecified atom stereocenters. The van der Waals surface area contributed by atoms with Crippen molar-refractivity contribution in [2.45, 2.75) is 18.9 Å². The third-order valence-electron chi connectivity index (χ3n) is 4.70. The van der Waals surface area contributed by atoms with Gasteiger partial charge in [0.25, 0.3) is 5.91 Å². The van der Waals surface area contributed by atoms with Crippen molar-refractivity contribution >= 4 is 5.91 Å². The summed E-state index contributed by atoms with van der Waals surface area (Å²) in [5.74, 6) is 0.727. The van der Waals surface area contributed by atoms with E-state index in [0.29, 0.717) is 12.0 Å². The standard InChI is InChI=1S/C16H19N5O/c22-16(20-8-13-4-2-6-17-15(13)9-20)12-3-1-5-14(7-12)21-10-18-19-11-21/h1,3,5,7,10-11,13,15,17H,2,4,6,8-9H2/t13-,15+/m1/s1. The highest BCUT2D eigenvalue weighted by molar-refractivity contribution is 5.95. The van der Waals surface area contributed by atoms with E-state index in [9.17, 15) is 4.79 Å². The fourth-order valence-corrected chi connectivity index (χ4v) is 3.53. The first kappa shape index (κ1) is 13.5. The van der Waals surface area contributed by atoms with E-state index in [-0.39, 0.29) is 5.91 Å². The molecule has 22 heavy (non-hydrogen) atoms. The second-order valence-corrected chi connectivity index (χ2v) is 6.09. The Labute approximate surface area is 129 Å². The van der Waals surface area contributed by atoms with E-state index in [1.807, 2.05) is 33.7 Å². The van der Waals surface area contributed by atoms with Crippen LogP contribution in [0.15, 0.2) is 36.9 Å². The van der Waals surface area contributed by atoms with Gasteiger partial charge in [0.2, 0.25) is 0 Å². The average molecular weight is 297 g/mol. The van der Waals surface area contributed by atoms with E-state index in [1.165, 1.54) is 12.8 Å². The molecule has 6 nitrogen and oxygen atoms in total. The van der Waals surface area contributed by atoms with Gasteiger partial charge in [-0.2, -0.15) is 0 Å². The van der Waals surface area contributed by atoms with Gasteiger partial charge in [-0.3, -0.25) is 9.36 Å². The van der Waals surface area contributed by atoms with Crippen LogP contribution in [0.2, 0.25) is 0 Å². The predicted octanol–water partition coefficient (Wildman–Crippen LogP) is 1.09. The van der Waals surface area contributed by atoms with Crippen molar-refractivity contribution in [3.63, 3.8) is 0 Å². The van der Waals surface area contributed by atoms with E-state index in [2.05, 4.69) is 15.5 Å². The van der Waals surface area contributed by atoms with Crippen LogP contribution in [0.25, 0.3) is 5.69 Å². The minimum absolute atomic E-state index is 0.117. The molecule has 2 aliphatic rings. The summed E-state index contributed by atoms with van der Waals surface area (Å²) in [4.78, 5) is 14.8. The molecule has 114 valence electrons. The molecule has 2 aromatic rings. The number of piperidine rings is 1. The van der Waals surface area contributed by atoms with Gasteiger partial charge in [0.05, 0.1) is 0 Å². The topological polar surface area (TPSA) is 63.1 Å². The molecule has 2 fully saturated rings. The summed E-state index contributed by atoms with van der Waals surface area (Å²) in [5, 5.41) is 11.2. The number of carbonyl (C=O) groups is 1. The molecular formula is C16H19N5O. The summed E-state index contributed by atoms with van der Waals surface area (Å²) in [7, 11) is 0. The van der Waals surface area contributed by atoms with Crippen molar-refractivity contribution in [1.82, 2.24) is 25.0 Å². The van der Waals surface area contributed by atoms with Crippen molar-refractivity contribution in [1.29, 1.82) is 0 Å². The summed E-state index contributed by atoms with van der Waals surface area (Å²) < 4.78 is 1.81. The normalized spacial score (nSPS) is 24.3. The number of rotatable bonds is 2. The Morgan fingerprint density at radius 1 is 1.23 bits per heavy atom. The van der Waals surface area contributed by atoms with E-state index in [4.69, 9.17) is 0 Å². The highest BCUT2D eigenvalue weighted by Gasteiger charge is 2.36. The number of nitrogens with one attached hydrogen (secondary N) is 1. The molecule has 2 atom stereocenters. The first-order valence-electron chi connectivity index (χ1n) is 7.79. The Bertz CT molecular complexity index is 655. The Hall–Kier alpha value is -2.21. The molecule has 6 heteroatoms. The molecule has 0 aliphatic carbocycles. The highest BCUT2D eigenvalue weighted by atomic mass is 16.2. The number of amides is 1. The van der Waals surface area contributed by atoms with Gasteiger partial charge in [-0.15, -0.1) is 10.2 Å². The van der Waals surface area contributed by atoms with Crippen LogP contribution in [-0.4, -0.2) is 51.2 Å². The van der Waals surface area contributed by atoms with Gasteiger partial charge in [0.15, 0.2) is 0 Å². The Balaban J connectivity index is 1.54. The monoisotopic (exact) mass is 297 g/mol. The first-order valence-corrected chi connectivity index (χ1v) is 7.79. The summed E-state index contributed by atoms with van der Waals surface area (Å²) in [6.07, 6.45) is 5.71. The molecule has 1 aromatic heterocycles. The van der Waals surface area contributed by atoms with Crippen LogP contribution in [0.1, 0.15) is 23.2 Å². The third-order valence-corrected chi connectivity index (χ3v) is 4.70. The number of carbonyl (C=O) groups excluding carboxylic acids is 1. The highest BCUT2D eigenvalue weighted by Crippen LogP contribution is 2.26. The Morgan fingerprint density at radius 3 is 2.91 bits per heavy atom. The van der Waals surface area contributed by atoms with E-state index < -0.39 is 0 Å². The van der Waals surface area contributed by atoms with Gasteiger partial charge < -0.3 is 10.2 Å². The van der Waals surface area contributed by atoms with Crippen molar-refractivity contribution in [2.75, 3.05) is 19.6 Å². The average Bonchev–Trinajstić information content (AvgIpc) is 3.23. The van der Waals surface area contributed by atoms with E-state index >= 15 is 0 Å². The molecule has 2 aliphatic heterocycles. The van der Waals surface area contributed by atoms with Crippen molar-refractivity contribution in [3.05, 3.63) is 42.5 Å². The lowest BCUT2D eigenvalue weighted by molar-refractivity contribution is 0.0785. The first-order chi connectivity index (χ1) is 10.8. The van der Waals surface area contributed by atoms with Crippen LogP contribution in [0.4, 0.5) is 0 Å². The fourth-order valence-electron chi connectivity index (χ4n) is 3.53. The second-order valence-electron chi connectivity index (χ2n) is 6.09. The van der Waals surface area contributed by atoms with Crippen LogP contribution in [0.3, 0.4) is 0 Å². The minimum atomic E-state index is 0.117. The SMILES string of the molecule is O=C(c1cccc(-n2cnnc2)c1)N1C[C@H]2CCCN[C@H]2C1. The quantitative estimate of drug-likeness (QED) is 0.901. The molecule has 0 saturated carbocycles. The van der Waals surface area contributed by atoms with Gasteiger partial charge in [-0.05, 0) is 43.5 Å². The molecule has 1 amide bonds. The second kappa shape index (κ2) is 5.53. The molecule has 1 N–H and O–H groups in total. The van der Waals surface area contributed by atoms with Crippen molar-refractivity contribution in [2.24, 2.45) is 5.92 Å². The van der Waals surface area contributed by atoms with Crippen LogP contribution in [0.5, 0.6) is 0 Å². The van der Waals surface area contributed by atoms with Crippen LogP contribution < -0.4 is 5.32 Å². The van der Waals surface area contributed by atoms with Gasteiger partial charge >= 0.3 is 0 Å². The molecule has 0 radical (unpaired) electrons. The lowest BCUT2D eigenvalue weighted by Crippen LogP contribution is -2.41. The minimum Gasteiger partial charge on any atom is -0.337 e. The van der Waals surface area contributed by atoms with Crippen LogP contribution >= 0.6 is 0 Å². The molecule has 4 rings (SSSR count). The largest absolute Gasteiger partial charge is 0.337 e. The number of nitrogens with zero attached hydrogens (tertiary/aromatic N) is 4. The summed E-state index contributed by atoms with van der Waals surface area (Å²) in [5.41, 5.74) is 1.63. The zero-order chi connectivity index (χ0) is 14.9. The zero-order valence-corrected chi connectivity index (χ0v) is 12.4. The maximum atomic E-state index is 12.8. The van der Waals surface area contributed by atoms with Crippen LogP contribution in [-0.2, 0) is 0 Å². The van der Waals surface area contributed by atoms with Crippen LogP contribution in [0, 0.1) is 5.92 Å². The van der Waals surface area contributed by atoms with Crippen molar-refractivity contribution < 1.29 is 4.79 Å². The lowest BCUT2D eigenvalue weighted by Gasteiger charge is -2.24. The molecular weight excluding hydrogens is 278 g/mol. The zero-order valence-electron chi connectivity index (χ0n) is 12.4. The molecule has 3 heterocycles. The number of benzene rings is 1. The molecule has 0 bridgehead atoms. The number of hydrogen-bond donors (Lipinski definition) is 1. The van der Waals surface area contributed by atoms with E-state index in [0.717, 1.165) is 30.9 Å². The van der Waals surface area contributed by atoms with Gasteiger partial charge in [-0.1, -0.05) is 6.07 Å². The smallest absolute Gasteiger partial charge is 0.253 e. The predicted molar refractivity (Wildman–Crippen MR) is 81.8 cm³/mol. The Kier molecular flexibility index (Phi) is 3.38. The van der Waals surface area contributed by atoms with Crippen molar-refractivity contribution in [3.8, 4) is 5.69 Å². The number of likely N-dealkylation sites (tertiary alicyclic amines) is 1. The summed E-state index contributed by atoms with van der Waals surface area (Å²) in [6, 6.07) is 8.11. The molecule has 2 saturated heterocycles. The maximum absolute atomic E-state index is 12.8. The molecule has 0 spiro atoms. The molecule has 1 aromatic carbocycles. The number of fused-ring (bicyclic) bond motifs is 1. The maximum Gasteiger partial charge on any atom is 0.253 e.